The van der Waals surface area contributed by atoms with Crippen LogP contribution in [0.3, 0.4) is 0 Å². The first-order chi connectivity index (χ1) is 16.7. The molecule has 2 amide bonds. The summed E-state index contributed by atoms with van der Waals surface area (Å²) in [4.78, 5) is 45.0. The van der Waals surface area contributed by atoms with E-state index in [2.05, 4.69) is 36.4 Å². The van der Waals surface area contributed by atoms with E-state index in [-0.39, 0.29) is 41.3 Å². The number of likely N-dealkylation sites (tertiary alicyclic amines) is 1. The zero-order valence-corrected chi connectivity index (χ0v) is 21.6. The number of thiazole rings is 1. The van der Waals surface area contributed by atoms with Crippen molar-refractivity contribution >= 4 is 29.1 Å². The zero-order valence-electron chi connectivity index (χ0n) is 20.7. The van der Waals surface area contributed by atoms with Crippen molar-refractivity contribution in [1.29, 1.82) is 0 Å². The summed E-state index contributed by atoms with van der Waals surface area (Å²) in [5.41, 5.74) is 1.19. The summed E-state index contributed by atoms with van der Waals surface area (Å²) in [6.07, 6.45) is 2.72. The van der Waals surface area contributed by atoms with Crippen LogP contribution in [0.15, 0.2) is 35.7 Å². The van der Waals surface area contributed by atoms with Crippen molar-refractivity contribution < 1.29 is 19.1 Å². The first-order valence-electron chi connectivity index (χ1n) is 12.1. The van der Waals surface area contributed by atoms with Gasteiger partial charge in [0.05, 0.1) is 13.0 Å². The van der Waals surface area contributed by atoms with Crippen molar-refractivity contribution in [3.63, 3.8) is 0 Å². The quantitative estimate of drug-likeness (QED) is 0.593. The molecule has 4 atom stereocenters. The van der Waals surface area contributed by atoms with E-state index in [1.54, 1.807) is 10.3 Å². The van der Waals surface area contributed by atoms with Crippen LogP contribution < -0.4 is 10.6 Å². The average Bonchev–Trinajstić information content (AvgIpc) is 3.46. The van der Waals surface area contributed by atoms with Crippen LogP contribution >= 0.6 is 11.3 Å². The van der Waals surface area contributed by atoms with Gasteiger partial charge in [-0.3, -0.25) is 14.4 Å². The van der Waals surface area contributed by atoms with Crippen molar-refractivity contribution in [3.05, 3.63) is 41.4 Å². The zero-order chi connectivity index (χ0) is 25.2. The van der Waals surface area contributed by atoms with Gasteiger partial charge in [0.2, 0.25) is 5.91 Å². The van der Waals surface area contributed by atoms with Gasteiger partial charge in [-0.2, -0.15) is 0 Å². The predicted molar refractivity (Wildman–Crippen MR) is 135 cm³/mol. The number of aromatic nitrogens is 1. The number of hydrogen-bond donors (Lipinski definition) is 2. The molecular formula is C26H34N4O4S. The fourth-order valence-corrected chi connectivity index (χ4v) is 5.97. The van der Waals surface area contributed by atoms with Crippen LogP contribution in [-0.2, 0) is 14.3 Å². The Morgan fingerprint density at radius 2 is 1.89 bits per heavy atom. The summed E-state index contributed by atoms with van der Waals surface area (Å²) in [6, 6.07) is 9.03. The molecule has 9 heteroatoms. The van der Waals surface area contributed by atoms with Gasteiger partial charge >= 0.3 is 5.97 Å². The van der Waals surface area contributed by atoms with E-state index in [1.165, 1.54) is 18.4 Å². The van der Waals surface area contributed by atoms with Crippen molar-refractivity contribution in [2.45, 2.75) is 70.1 Å². The molecule has 188 valence electrons. The molecule has 35 heavy (non-hydrogen) atoms. The standard InChI is InChI=1S/C26H34N4O4S/c1-26(2,3)29-17-10-11-21(18(14-17)25(33)34-4)30-13-12-19(24(30)32)27-22(31)20-15-35-23(28-20)16-8-6-5-7-9-16/h5-9,15,17-19,21,29H,10-14H2,1-4H3,(H,27,31)/t17?,18?,19-,21?/m0/s1. The smallest absolute Gasteiger partial charge is 0.310 e. The Labute approximate surface area is 210 Å². The third-order valence-corrected chi connectivity index (χ3v) is 7.55. The lowest BCUT2D eigenvalue weighted by Gasteiger charge is -2.41. The summed E-state index contributed by atoms with van der Waals surface area (Å²) >= 11 is 1.40. The van der Waals surface area contributed by atoms with E-state index < -0.39 is 6.04 Å². The van der Waals surface area contributed by atoms with Gasteiger partial charge in [-0.1, -0.05) is 30.3 Å². The maximum atomic E-state index is 13.3. The Morgan fingerprint density at radius 1 is 1.14 bits per heavy atom. The van der Waals surface area contributed by atoms with Crippen LogP contribution in [-0.4, -0.2) is 65.0 Å². The molecule has 2 fully saturated rings. The predicted octanol–water partition coefficient (Wildman–Crippen LogP) is 3.24. The van der Waals surface area contributed by atoms with Crippen molar-refractivity contribution in [1.82, 2.24) is 20.5 Å². The van der Waals surface area contributed by atoms with E-state index in [0.29, 0.717) is 31.5 Å². The summed E-state index contributed by atoms with van der Waals surface area (Å²) in [7, 11) is 1.40. The molecule has 2 N–H and O–H groups in total. The Bertz CT molecular complexity index is 1060. The van der Waals surface area contributed by atoms with Gasteiger partial charge < -0.3 is 20.3 Å². The molecule has 3 unspecified atom stereocenters. The minimum atomic E-state index is -0.618. The number of benzene rings is 1. The number of esters is 1. The molecule has 2 aliphatic rings. The third kappa shape index (κ3) is 5.90. The van der Waals surface area contributed by atoms with Crippen molar-refractivity contribution in [3.8, 4) is 10.6 Å². The van der Waals surface area contributed by atoms with E-state index in [4.69, 9.17) is 4.74 Å². The summed E-state index contributed by atoms with van der Waals surface area (Å²) in [5.74, 6) is -1.17. The topological polar surface area (TPSA) is 101 Å². The number of methoxy groups -OCH3 is 1. The van der Waals surface area contributed by atoms with E-state index >= 15 is 0 Å². The molecule has 1 aliphatic heterocycles. The number of hydrogen-bond acceptors (Lipinski definition) is 7. The first kappa shape index (κ1) is 25.3. The SMILES string of the molecule is COC(=O)C1CC(NC(C)(C)C)CCC1N1CC[C@H](NC(=O)c2csc(-c3ccccc3)n2)C1=O. The molecule has 1 saturated carbocycles. The minimum Gasteiger partial charge on any atom is -0.469 e. The van der Waals surface area contributed by atoms with Crippen molar-refractivity contribution in [2.75, 3.05) is 13.7 Å². The monoisotopic (exact) mass is 498 g/mol. The first-order valence-corrected chi connectivity index (χ1v) is 13.0. The molecule has 1 saturated heterocycles. The number of carbonyl (C=O) groups excluding carboxylic acids is 3. The van der Waals surface area contributed by atoms with Gasteiger partial charge in [0.15, 0.2) is 0 Å². The van der Waals surface area contributed by atoms with Crippen LogP contribution in [0.5, 0.6) is 0 Å². The molecule has 2 heterocycles. The lowest BCUT2D eigenvalue weighted by Crippen LogP contribution is -2.55. The lowest BCUT2D eigenvalue weighted by atomic mass is 9.80. The van der Waals surface area contributed by atoms with Crippen molar-refractivity contribution in [2.24, 2.45) is 5.92 Å². The highest BCUT2D eigenvalue weighted by molar-refractivity contribution is 7.13. The third-order valence-electron chi connectivity index (χ3n) is 6.66. The minimum absolute atomic E-state index is 0.0624. The lowest BCUT2D eigenvalue weighted by molar-refractivity contribution is -0.151. The summed E-state index contributed by atoms with van der Waals surface area (Å²) < 4.78 is 5.10. The highest BCUT2D eigenvalue weighted by Crippen LogP contribution is 2.33. The number of nitrogens with zero attached hydrogens (tertiary/aromatic N) is 2. The highest BCUT2D eigenvalue weighted by Gasteiger charge is 2.45. The summed E-state index contributed by atoms with van der Waals surface area (Å²) in [5, 5.41) is 8.92. The summed E-state index contributed by atoms with van der Waals surface area (Å²) in [6.45, 7) is 6.82. The molecule has 8 nitrogen and oxygen atoms in total. The Morgan fingerprint density at radius 3 is 2.57 bits per heavy atom. The molecule has 1 aliphatic carbocycles. The fraction of sp³-hybridized carbons (Fsp3) is 0.538. The largest absolute Gasteiger partial charge is 0.469 e. The van der Waals surface area contributed by atoms with Gasteiger partial charge in [-0.25, -0.2) is 4.98 Å². The van der Waals surface area contributed by atoms with Crippen LogP contribution in [0.25, 0.3) is 10.6 Å². The number of ether oxygens (including phenoxy) is 1. The second kappa shape index (κ2) is 10.5. The van der Waals surface area contributed by atoms with Gasteiger partial charge in [-0.15, -0.1) is 11.3 Å². The maximum Gasteiger partial charge on any atom is 0.310 e. The molecule has 1 aromatic carbocycles. The second-order valence-corrected chi connectivity index (χ2v) is 11.2. The Balaban J connectivity index is 1.41. The number of nitrogens with one attached hydrogen (secondary N) is 2. The Hall–Kier alpha value is -2.78. The second-order valence-electron chi connectivity index (χ2n) is 10.4. The van der Waals surface area contributed by atoms with E-state index in [0.717, 1.165) is 17.0 Å². The fourth-order valence-electron chi connectivity index (χ4n) is 5.16. The van der Waals surface area contributed by atoms with Crippen LogP contribution in [0, 0.1) is 5.92 Å². The molecule has 2 aromatic rings. The van der Waals surface area contributed by atoms with Crippen LogP contribution in [0.4, 0.5) is 0 Å². The average molecular weight is 499 g/mol. The van der Waals surface area contributed by atoms with Gasteiger partial charge in [0.1, 0.15) is 16.7 Å². The van der Waals surface area contributed by atoms with Gasteiger partial charge in [0.25, 0.3) is 5.91 Å². The molecule has 0 radical (unpaired) electrons. The highest BCUT2D eigenvalue weighted by atomic mass is 32.1. The normalized spacial score (nSPS) is 24.9. The molecule has 1 aromatic heterocycles. The number of rotatable bonds is 6. The van der Waals surface area contributed by atoms with E-state index in [1.807, 2.05) is 30.3 Å². The molecule has 4 rings (SSSR count). The van der Waals surface area contributed by atoms with Crippen LogP contribution in [0.1, 0.15) is 56.9 Å². The molecule has 0 bridgehead atoms. The van der Waals surface area contributed by atoms with Gasteiger partial charge in [0, 0.05) is 35.1 Å². The van der Waals surface area contributed by atoms with Gasteiger partial charge in [-0.05, 0) is 46.5 Å². The maximum absolute atomic E-state index is 13.3. The molecule has 0 spiro atoms. The molecular weight excluding hydrogens is 464 g/mol. The Kier molecular flexibility index (Phi) is 7.56. The van der Waals surface area contributed by atoms with E-state index in [9.17, 15) is 14.4 Å². The number of amides is 2. The number of carbonyl (C=O) groups is 3. The van der Waals surface area contributed by atoms with Crippen LogP contribution in [0.2, 0.25) is 0 Å².